The van der Waals surface area contributed by atoms with E-state index >= 15 is 0 Å². The molecule has 8 heteroatoms. The summed E-state index contributed by atoms with van der Waals surface area (Å²) in [5.41, 5.74) is 5.56. The van der Waals surface area contributed by atoms with E-state index in [2.05, 4.69) is 33.5 Å². The zero-order valence-electron chi connectivity index (χ0n) is 15.8. The molecule has 0 amide bonds. The molecule has 0 atom stereocenters. The first-order valence-electron chi connectivity index (χ1n) is 9.09. The molecule has 0 unspecified atom stereocenters. The lowest BCUT2D eigenvalue weighted by Crippen LogP contribution is -2.04. The van der Waals surface area contributed by atoms with Gasteiger partial charge in [0.25, 0.3) is 0 Å². The Hall–Kier alpha value is -2.96. The SMILES string of the molecule is Cc1c(C)n(Cc2ccccn2)c2ncn3nc(-c4ccc(Cl)cc4Cl)nc3c12. The van der Waals surface area contributed by atoms with Gasteiger partial charge in [-0.15, -0.1) is 5.10 Å². The molecule has 5 aromatic rings. The predicted molar refractivity (Wildman–Crippen MR) is 115 cm³/mol. The minimum atomic E-state index is 0.512. The molecule has 0 bridgehead atoms. The highest BCUT2D eigenvalue weighted by atomic mass is 35.5. The molecule has 4 aromatic heterocycles. The molecule has 29 heavy (non-hydrogen) atoms. The molecule has 5 rings (SSSR count). The Balaban J connectivity index is 1.71. The quantitative estimate of drug-likeness (QED) is 0.405. The summed E-state index contributed by atoms with van der Waals surface area (Å²) in [4.78, 5) is 13.9. The first-order chi connectivity index (χ1) is 14.0. The van der Waals surface area contributed by atoms with E-state index in [4.69, 9.17) is 28.2 Å². The van der Waals surface area contributed by atoms with Gasteiger partial charge in [-0.05, 0) is 49.7 Å². The van der Waals surface area contributed by atoms with Gasteiger partial charge in [0.15, 0.2) is 11.5 Å². The molecule has 0 aliphatic carbocycles. The molecule has 0 saturated carbocycles. The van der Waals surface area contributed by atoms with Crippen LogP contribution < -0.4 is 0 Å². The average Bonchev–Trinajstić information content (AvgIpc) is 3.24. The molecule has 1 aromatic carbocycles. The number of hydrogen-bond donors (Lipinski definition) is 0. The van der Waals surface area contributed by atoms with Gasteiger partial charge < -0.3 is 4.57 Å². The number of fused-ring (bicyclic) bond motifs is 3. The zero-order chi connectivity index (χ0) is 20.1. The first kappa shape index (κ1) is 18.1. The number of aryl methyl sites for hydroxylation is 1. The second-order valence-corrected chi connectivity index (χ2v) is 7.73. The predicted octanol–water partition coefficient (Wildman–Crippen LogP) is 5.11. The van der Waals surface area contributed by atoms with E-state index in [0.717, 1.165) is 39.2 Å². The number of rotatable bonds is 3. The minimum absolute atomic E-state index is 0.512. The van der Waals surface area contributed by atoms with Crippen LogP contribution in [0.2, 0.25) is 10.0 Å². The number of halogens is 2. The number of hydrogen-bond acceptors (Lipinski definition) is 4. The Morgan fingerprint density at radius 1 is 1.00 bits per heavy atom. The summed E-state index contributed by atoms with van der Waals surface area (Å²) in [6.45, 7) is 4.81. The van der Waals surface area contributed by atoms with Crippen molar-refractivity contribution in [3.05, 3.63) is 75.9 Å². The molecule has 0 radical (unpaired) electrons. The molecule has 0 fully saturated rings. The third kappa shape index (κ3) is 2.96. The molecule has 4 heterocycles. The molecule has 144 valence electrons. The third-order valence-corrected chi connectivity index (χ3v) is 5.71. The molecule has 6 nitrogen and oxygen atoms in total. The molecule has 0 N–H and O–H groups in total. The van der Waals surface area contributed by atoms with Crippen molar-refractivity contribution in [2.24, 2.45) is 0 Å². The Bertz CT molecular complexity index is 1370. The van der Waals surface area contributed by atoms with E-state index in [9.17, 15) is 0 Å². The van der Waals surface area contributed by atoms with Gasteiger partial charge in [0.2, 0.25) is 0 Å². The van der Waals surface area contributed by atoms with Gasteiger partial charge in [0, 0.05) is 22.5 Å². The summed E-state index contributed by atoms with van der Waals surface area (Å²) in [7, 11) is 0. The van der Waals surface area contributed by atoms with Crippen LogP contribution in [0.15, 0.2) is 48.9 Å². The molecular formula is C21H16Cl2N6. The van der Waals surface area contributed by atoms with Crippen LogP contribution >= 0.6 is 23.2 Å². The van der Waals surface area contributed by atoms with Gasteiger partial charge >= 0.3 is 0 Å². The number of benzene rings is 1. The van der Waals surface area contributed by atoms with Gasteiger partial charge in [-0.1, -0.05) is 29.3 Å². The summed E-state index contributed by atoms with van der Waals surface area (Å²) in [5, 5.41) is 6.64. The maximum atomic E-state index is 6.36. The van der Waals surface area contributed by atoms with Crippen molar-refractivity contribution >= 4 is 39.9 Å². The van der Waals surface area contributed by atoms with Crippen LogP contribution in [-0.4, -0.2) is 29.1 Å². The van der Waals surface area contributed by atoms with E-state index in [1.54, 1.807) is 29.2 Å². The maximum Gasteiger partial charge on any atom is 0.183 e. The van der Waals surface area contributed by atoms with Crippen LogP contribution in [0.25, 0.3) is 28.1 Å². The summed E-state index contributed by atoms with van der Waals surface area (Å²) >= 11 is 12.4. The second-order valence-electron chi connectivity index (χ2n) is 6.89. The second kappa shape index (κ2) is 6.83. The van der Waals surface area contributed by atoms with Crippen molar-refractivity contribution in [2.45, 2.75) is 20.4 Å². The van der Waals surface area contributed by atoms with Crippen molar-refractivity contribution < 1.29 is 0 Å². The Morgan fingerprint density at radius 2 is 1.86 bits per heavy atom. The monoisotopic (exact) mass is 422 g/mol. The molecule has 0 saturated heterocycles. The van der Waals surface area contributed by atoms with Gasteiger partial charge in [0.1, 0.15) is 12.0 Å². The van der Waals surface area contributed by atoms with E-state index < -0.39 is 0 Å². The van der Waals surface area contributed by atoms with Crippen LogP contribution in [0.4, 0.5) is 0 Å². The highest BCUT2D eigenvalue weighted by Gasteiger charge is 2.19. The lowest BCUT2D eigenvalue weighted by atomic mass is 10.2. The van der Waals surface area contributed by atoms with Crippen molar-refractivity contribution in [1.82, 2.24) is 29.1 Å². The minimum Gasteiger partial charge on any atom is -0.323 e. The number of pyridine rings is 1. The van der Waals surface area contributed by atoms with Crippen LogP contribution in [0.3, 0.4) is 0 Å². The van der Waals surface area contributed by atoms with E-state index in [1.165, 1.54) is 0 Å². The van der Waals surface area contributed by atoms with Crippen LogP contribution in [0, 0.1) is 13.8 Å². The Labute approximate surface area is 176 Å². The lowest BCUT2D eigenvalue weighted by Gasteiger charge is -2.07. The fourth-order valence-corrected chi connectivity index (χ4v) is 4.06. The molecule has 0 aliphatic rings. The fraction of sp³-hybridized carbons (Fsp3) is 0.143. The smallest absolute Gasteiger partial charge is 0.183 e. The van der Waals surface area contributed by atoms with Gasteiger partial charge in [0.05, 0.1) is 22.6 Å². The number of aromatic nitrogens is 6. The van der Waals surface area contributed by atoms with Gasteiger partial charge in [-0.2, -0.15) is 0 Å². The zero-order valence-corrected chi connectivity index (χ0v) is 17.3. The highest BCUT2D eigenvalue weighted by molar-refractivity contribution is 6.36. The summed E-state index contributed by atoms with van der Waals surface area (Å²) in [6, 6.07) is 11.2. The largest absolute Gasteiger partial charge is 0.323 e. The van der Waals surface area contributed by atoms with E-state index in [1.807, 2.05) is 24.3 Å². The Kier molecular flexibility index (Phi) is 4.26. The summed E-state index contributed by atoms with van der Waals surface area (Å²) in [6.07, 6.45) is 3.49. The third-order valence-electron chi connectivity index (χ3n) is 5.16. The van der Waals surface area contributed by atoms with Crippen molar-refractivity contribution in [2.75, 3.05) is 0 Å². The summed E-state index contributed by atoms with van der Waals surface area (Å²) < 4.78 is 3.86. The number of nitrogens with zero attached hydrogens (tertiary/aromatic N) is 6. The van der Waals surface area contributed by atoms with Crippen molar-refractivity contribution in [3.8, 4) is 11.4 Å². The van der Waals surface area contributed by atoms with Crippen LogP contribution in [0.1, 0.15) is 17.0 Å². The standard InChI is InChI=1S/C21H16Cl2N6/c1-12-13(2)28(10-15-5-3-4-8-24-15)20-18(12)21-26-19(27-29(21)11-25-20)16-7-6-14(22)9-17(16)23/h3-9,11H,10H2,1-2H3. The highest BCUT2D eigenvalue weighted by Crippen LogP contribution is 2.31. The van der Waals surface area contributed by atoms with E-state index in [0.29, 0.717) is 22.4 Å². The Morgan fingerprint density at radius 3 is 2.62 bits per heavy atom. The van der Waals surface area contributed by atoms with E-state index in [-0.39, 0.29) is 0 Å². The molecule has 0 spiro atoms. The maximum absolute atomic E-state index is 6.36. The van der Waals surface area contributed by atoms with Crippen molar-refractivity contribution in [1.29, 1.82) is 0 Å². The van der Waals surface area contributed by atoms with Gasteiger partial charge in [-0.3, -0.25) is 4.98 Å². The lowest BCUT2D eigenvalue weighted by molar-refractivity contribution is 0.766. The molecule has 0 aliphatic heterocycles. The molecular weight excluding hydrogens is 407 g/mol. The van der Waals surface area contributed by atoms with Gasteiger partial charge in [-0.25, -0.2) is 14.5 Å². The fourth-order valence-electron chi connectivity index (χ4n) is 3.56. The average molecular weight is 423 g/mol. The normalized spacial score (nSPS) is 11.6. The first-order valence-corrected chi connectivity index (χ1v) is 9.84. The van der Waals surface area contributed by atoms with Crippen LogP contribution in [-0.2, 0) is 6.54 Å². The van der Waals surface area contributed by atoms with Crippen LogP contribution in [0.5, 0.6) is 0 Å². The topological polar surface area (TPSA) is 60.9 Å². The summed E-state index contributed by atoms with van der Waals surface area (Å²) in [5.74, 6) is 0.537. The van der Waals surface area contributed by atoms with Crippen molar-refractivity contribution in [3.63, 3.8) is 0 Å².